The van der Waals surface area contributed by atoms with E-state index in [0.29, 0.717) is 23.5 Å². The van der Waals surface area contributed by atoms with Gasteiger partial charge in [0.15, 0.2) is 0 Å². The van der Waals surface area contributed by atoms with Gasteiger partial charge >= 0.3 is 0 Å². The standard InChI is InChI=1S/C18H21N3O5S2/c1-13-6-5-7-15(17(13)21(23)24)18(22)19-12-14-8-9-16(27-14)28(25,26)20-10-3-2-4-11-20/h5-9H,2-4,10-12H2,1H3,(H,19,22). The van der Waals surface area contributed by atoms with Gasteiger partial charge in [0.1, 0.15) is 9.77 Å². The summed E-state index contributed by atoms with van der Waals surface area (Å²) in [5.41, 5.74) is 0.172. The van der Waals surface area contributed by atoms with Gasteiger partial charge in [-0.3, -0.25) is 14.9 Å². The first-order valence-electron chi connectivity index (χ1n) is 8.92. The van der Waals surface area contributed by atoms with Crippen molar-refractivity contribution in [1.82, 2.24) is 9.62 Å². The van der Waals surface area contributed by atoms with Gasteiger partial charge in [0.05, 0.1) is 11.5 Å². The van der Waals surface area contributed by atoms with E-state index in [4.69, 9.17) is 0 Å². The number of sulfonamides is 1. The second kappa shape index (κ2) is 8.38. The lowest BCUT2D eigenvalue weighted by molar-refractivity contribution is -0.385. The highest BCUT2D eigenvalue weighted by Crippen LogP contribution is 2.27. The van der Waals surface area contributed by atoms with E-state index in [-0.39, 0.29) is 22.0 Å². The third-order valence-electron chi connectivity index (χ3n) is 4.63. The third kappa shape index (κ3) is 4.23. The molecule has 0 bridgehead atoms. The fraction of sp³-hybridized carbons (Fsp3) is 0.389. The van der Waals surface area contributed by atoms with Crippen molar-refractivity contribution in [2.45, 2.75) is 36.9 Å². The lowest BCUT2D eigenvalue weighted by Gasteiger charge is -2.25. The Morgan fingerprint density at radius 2 is 1.93 bits per heavy atom. The monoisotopic (exact) mass is 423 g/mol. The lowest BCUT2D eigenvalue weighted by atomic mass is 10.1. The highest BCUT2D eigenvalue weighted by molar-refractivity contribution is 7.91. The van der Waals surface area contributed by atoms with Gasteiger partial charge in [-0.2, -0.15) is 4.31 Å². The van der Waals surface area contributed by atoms with E-state index in [2.05, 4.69) is 5.32 Å². The van der Waals surface area contributed by atoms with E-state index < -0.39 is 20.9 Å². The minimum Gasteiger partial charge on any atom is -0.347 e. The summed E-state index contributed by atoms with van der Waals surface area (Å²) in [6, 6.07) is 7.77. The maximum atomic E-state index is 12.7. The predicted octanol–water partition coefficient (Wildman–Crippen LogP) is 3.07. The topological polar surface area (TPSA) is 110 Å². The smallest absolute Gasteiger partial charge is 0.285 e. The number of thiophene rings is 1. The molecular weight excluding hydrogens is 402 g/mol. The van der Waals surface area contributed by atoms with Crippen molar-refractivity contribution in [2.24, 2.45) is 0 Å². The fourth-order valence-corrected chi connectivity index (χ4v) is 6.14. The average molecular weight is 424 g/mol. The molecule has 1 aliphatic rings. The molecule has 1 saturated heterocycles. The number of para-hydroxylation sites is 1. The van der Waals surface area contributed by atoms with Crippen molar-refractivity contribution < 1.29 is 18.1 Å². The summed E-state index contributed by atoms with van der Waals surface area (Å²) >= 11 is 1.11. The van der Waals surface area contributed by atoms with Crippen LogP contribution < -0.4 is 5.32 Å². The second-order valence-electron chi connectivity index (χ2n) is 6.60. The largest absolute Gasteiger partial charge is 0.347 e. The van der Waals surface area contributed by atoms with Crippen LogP contribution in [-0.2, 0) is 16.6 Å². The Kier molecular flexibility index (Phi) is 6.11. The van der Waals surface area contributed by atoms with Gasteiger partial charge in [0.2, 0.25) is 0 Å². The van der Waals surface area contributed by atoms with Gasteiger partial charge in [0, 0.05) is 23.5 Å². The van der Waals surface area contributed by atoms with Crippen molar-refractivity contribution in [3.8, 4) is 0 Å². The number of carbonyl (C=O) groups is 1. The van der Waals surface area contributed by atoms with Gasteiger partial charge in [-0.05, 0) is 38.0 Å². The number of carbonyl (C=O) groups excluding carboxylic acids is 1. The number of piperidine rings is 1. The Morgan fingerprint density at radius 1 is 1.21 bits per heavy atom. The molecule has 0 unspecified atom stereocenters. The highest BCUT2D eigenvalue weighted by Gasteiger charge is 2.27. The quantitative estimate of drug-likeness (QED) is 0.567. The summed E-state index contributed by atoms with van der Waals surface area (Å²) in [7, 11) is -3.51. The van der Waals surface area contributed by atoms with Crippen LogP contribution in [-0.4, -0.2) is 36.6 Å². The van der Waals surface area contributed by atoms with E-state index in [0.717, 1.165) is 30.6 Å². The molecule has 1 aliphatic heterocycles. The van der Waals surface area contributed by atoms with E-state index >= 15 is 0 Å². The molecule has 8 nitrogen and oxygen atoms in total. The molecule has 0 radical (unpaired) electrons. The molecule has 0 saturated carbocycles. The number of nitrogens with zero attached hydrogens (tertiary/aromatic N) is 2. The molecule has 2 aromatic rings. The Balaban J connectivity index is 1.71. The van der Waals surface area contributed by atoms with Crippen molar-refractivity contribution in [2.75, 3.05) is 13.1 Å². The van der Waals surface area contributed by atoms with Crippen LogP contribution in [0.2, 0.25) is 0 Å². The van der Waals surface area contributed by atoms with E-state index in [1.165, 1.54) is 10.4 Å². The fourth-order valence-electron chi connectivity index (χ4n) is 3.17. The van der Waals surface area contributed by atoms with Crippen molar-refractivity contribution in [3.05, 3.63) is 56.5 Å². The van der Waals surface area contributed by atoms with Gasteiger partial charge in [-0.1, -0.05) is 18.6 Å². The molecule has 0 aliphatic carbocycles. The summed E-state index contributed by atoms with van der Waals surface area (Å²) in [6.45, 7) is 2.74. The zero-order chi connectivity index (χ0) is 20.3. The lowest BCUT2D eigenvalue weighted by Crippen LogP contribution is -2.35. The molecule has 1 amide bonds. The Hall–Kier alpha value is -2.30. The summed E-state index contributed by atoms with van der Waals surface area (Å²) < 4.78 is 27.1. The zero-order valence-electron chi connectivity index (χ0n) is 15.4. The molecule has 3 rings (SSSR count). The second-order valence-corrected chi connectivity index (χ2v) is 9.93. The van der Waals surface area contributed by atoms with Gasteiger partial charge < -0.3 is 5.32 Å². The number of hydrogen-bond donors (Lipinski definition) is 1. The number of nitrogens with one attached hydrogen (secondary N) is 1. The zero-order valence-corrected chi connectivity index (χ0v) is 17.0. The minimum absolute atomic E-state index is 0.0114. The van der Waals surface area contributed by atoms with E-state index in [1.807, 2.05) is 0 Å². The van der Waals surface area contributed by atoms with E-state index in [1.54, 1.807) is 31.2 Å². The maximum absolute atomic E-state index is 12.7. The SMILES string of the molecule is Cc1cccc(C(=O)NCc2ccc(S(=O)(=O)N3CCCCC3)s2)c1[N+](=O)[O-]. The highest BCUT2D eigenvalue weighted by atomic mass is 32.2. The third-order valence-corrected chi connectivity index (χ3v) is 8.09. The summed E-state index contributed by atoms with van der Waals surface area (Å²) in [5, 5.41) is 13.9. The van der Waals surface area contributed by atoms with E-state index in [9.17, 15) is 23.3 Å². The molecule has 2 heterocycles. The van der Waals surface area contributed by atoms with Crippen LogP contribution in [0.3, 0.4) is 0 Å². The van der Waals surface area contributed by atoms with Crippen molar-refractivity contribution in [3.63, 3.8) is 0 Å². The molecule has 1 aromatic carbocycles. The first-order valence-corrected chi connectivity index (χ1v) is 11.2. The molecule has 1 fully saturated rings. The van der Waals surface area contributed by atoms with Gasteiger partial charge in [-0.25, -0.2) is 8.42 Å². The summed E-state index contributed by atoms with van der Waals surface area (Å²) in [6.07, 6.45) is 2.77. The Labute approximate surface area is 167 Å². The van der Waals surface area contributed by atoms with Crippen molar-refractivity contribution >= 4 is 33.0 Å². The number of benzene rings is 1. The molecule has 28 heavy (non-hydrogen) atoms. The van der Waals surface area contributed by atoms with Crippen LogP contribution >= 0.6 is 11.3 Å². The van der Waals surface area contributed by atoms with Crippen LogP contribution in [0.5, 0.6) is 0 Å². The molecular formula is C18H21N3O5S2. The summed E-state index contributed by atoms with van der Waals surface area (Å²) in [4.78, 5) is 23.7. The first kappa shape index (κ1) is 20.4. The minimum atomic E-state index is -3.51. The normalized spacial score (nSPS) is 15.3. The molecule has 150 valence electrons. The van der Waals surface area contributed by atoms with Gasteiger partial charge in [0.25, 0.3) is 21.6 Å². The predicted molar refractivity (Wildman–Crippen MR) is 106 cm³/mol. The molecule has 10 heteroatoms. The number of aryl methyl sites for hydroxylation is 1. The van der Waals surface area contributed by atoms with Crippen LogP contribution in [0, 0.1) is 17.0 Å². The molecule has 0 atom stereocenters. The Morgan fingerprint density at radius 3 is 2.61 bits per heavy atom. The van der Waals surface area contributed by atoms with Crippen LogP contribution in [0.15, 0.2) is 34.5 Å². The van der Waals surface area contributed by atoms with Crippen LogP contribution in [0.1, 0.15) is 40.1 Å². The number of amides is 1. The first-order chi connectivity index (χ1) is 13.3. The molecule has 0 spiro atoms. The molecule has 1 aromatic heterocycles. The van der Waals surface area contributed by atoms with Crippen LogP contribution in [0.4, 0.5) is 5.69 Å². The summed E-state index contributed by atoms with van der Waals surface area (Å²) in [5.74, 6) is -0.566. The number of nitro benzene ring substituents is 1. The van der Waals surface area contributed by atoms with Crippen LogP contribution in [0.25, 0.3) is 0 Å². The number of hydrogen-bond acceptors (Lipinski definition) is 6. The van der Waals surface area contributed by atoms with Crippen molar-refractivity contribution in [1.29, 1.82) is 0 Å². The van der Waals surface area contributed by atoms with Gasteiger partial charge in [-0.15, -0.1) is 11.3 Å². The average Bonchev–Trinajstić information content (AvgIpc) is 3.16. The number of rotatable bonds is 6. The Bertz CT molecular complexity index is 994. The number of nitro groups is 1. The molecule has 1 N–H and O–H groups in total. The maximum Gasteiger partial charge on any atom is 0.285 e.